The first-order valence-corrected chi connectivity index (χ1v) is 8.05. The van der Waals surface area contributed by atoms with E-state index in [-0.39, 0.29) is 12.5 Å². The van der Waals surface area contributed by atoms with Gasteiger partial charge < -0.3 is 14.6 Å². The van der Waals surface area contributed by atoms with E-state index in [9.17, 15) is 9.59 Å². The van der Waals surface area contributed by atoms with Gasteiger partial charge in [0.2, 0.25) is 0 Å². The van der Waals surface area contributed by atoms with Crippen molar-refractivity contribution in [1.82, 2.24) is 5.43 Å². The molecule has 0 bridgehead atoms. The number of aryl methyl sites for hydroxylation is 1. The highest BCUT2D eigenvalue weighted by atomic mass is 16.5. The van der Waals surface area contributed by atoms with Gasteiger partial charge in [-0.25, -0.2) is 10.2 Å². The smallest absolute Gasteiger partial charge is 0.341 e. The van der Waals surface area contributed by atoms with E-state index >= 15 is 0 Å². The summed E-state index contributed by atoms with van der Waals surface area (Å²) in [7, 11) is 0. The molecule has 0 aromatic heterocycles. The largest absolute Gasteiger partial charge is 0.484 e. The lowest BCUT2D eigenvalue weighted by Gasteiger charge is -2.05. The molecule has 0 heterocycles. The maximum Gasteiger partial charge on any atom is 0.341 e. The summed E-state index contributed by atoms with van der Waals surface area (Å²) in [5, 5.41) is 12.4. The molecule has 0 atom stereocenters. The Bertz CT molecular complexity index is 755. The van der Waals surface area contributed by atoms with E-state index in [1.165, 1.54) is 11.8 Å². The Labute approximate surface area is 151 Å². The third kappa shape index (κ3) is 6.64. The minimum absolute atomic E-state index is 0.134. The summed E-state index contributed by atoms with van der Waals surface area (Å²) in [4.78, 5) is 22.1. The number of carboxylic acids is 1. The van der Waals surface area contributed by atoms with Gasteiger partial charge in [0.25, 0.3) is 5.91 Å². The molecule has 0 aliphatic rings. The Morgan fingerprint density at radius 1 is 1.00 bits per heavy atom. The number of carboxylic acid groups (broad SMARTS) is 1. The van der Waals surface area contributed by atoms with Crippen LogP contribution >= 0.6 is 0 Å². The SMILES string of the molecule is CCc1ccc(OCC(=O)N/N=C\c2ccc(OCC(=O)O)cc2)cc1. The van der Waals surface area contributed by atoms with Gasteiger partial charge in [0.15, 0.2) is 13.2 Å². The van der Waals surface area contributed by atoms with Crippen LogP contribution in [0, 0.1) is 0 Å². The number of ether oxygens (including phenoxy) is 2. The summed E-state index contributed by atoms with van der Waals surface area (Å²) in [5.74, 6) is -0.349. The highest BCUT2D eigenvalue weighted by Crippen LogP contribution is 2.12. The maximum absolute atomic E-state index is 11.7. The van der Waals surface area contributed by atoms with Crippen molar-refractivity contribution in [2.24, 2.45) is 5.10 Å². The Hall–Kier alpha value is -3.35. The Kier molecular flexibility index (Phi) is 7.17. The van der Waals surface area contributed by atoms with E-state index < -0.39 is 12.6 Å². The summed E-state index contributed by atoms with van der Waals surface area (Å²) >= 11 is 0. The molecule has 2 aromatic rings. The average Bonchev–Trinajstić information content (AvgIpc) is 2.66. The molecule has 136 valence electrons. The van der Waals surface area contributed by atoms with Crippen LogP contribution in [-0.2, 0) is 16.0 Å². The molecule has 0 radical (unpaired) electrons. The van der Waals surface area contributed by atoms with Gasteiger partial charge in [0.1, 0.15) is 11.5 Å². The zero-order valence-electron chi connectivity index (χ0n) is 14.3. The number of nitrogens with one attached hydrogen (secondary N) is 1. The molecule has 7 nitrogen and oxygen atoms in total. The zero-order chi connectivity index (χ0) is 18.8. The van der Waals surface area contributed by atoms with E-state index in [1.807, 2.05) is 24.3 Å². The summed E-state index contributed by atoms with van der Waals surface area (Å²) < 4.78 is 10.4. The standard InChI is InChI=1S/C19H20N2O5/c1-2-14-3-7-16(8-4-14)25-12-18(22)21-20-11-15-5-9-17(10-6-15)26-13-19(23)24/h3-11H,2,12-13H2,1H3,(H,21,22)(H,23,24)/b20-11-. The molecule has 1 amide bonds. The molecule has 2 rings (SSSR count). The van der Waals surface area contributed by atoms with Crippen LogP contribution in [0.25, 0.3) is 0 Å². The normalized spacial score (nSPS) is 10.5. The van der Waals surface area contributed by atoms with Gasteiger partial charge in [-0.1, -0.05) is 19.1 Å². The molecular weight excluding hydrogens is 336 g/mol. The van der Waals surface area contributed by atoms with E-state index in [4.69, 9.17) is 14.6 Å². The molecule has 7 heteroatoms. The van der Waals surface area contributed by atoms with Gasteiger partial charge in [-0.3, -0.25) is 4.79 Å². The Balaban J connectivity index is 1.74. The monoisotopic (exact) mass is 356 g/mol. The fourth-order valence-electron chi connectivity index (χ4n) is 1.98. The van der Waals surface area contributed by atoms with Crippen LogP contribution in [0.3, 0.4) is 0 Å². The Morgan fingerprint density at radius 2 is 1.58 bits per heavy atom. The van der Waals surface area contributed by atoms with Crippen molar-refractivity contribution in [2.75, 3.05) is 13.2 Å². The van der Waals surface area contributed by atoms with Crippen LogP contribution in [-0.4, -0.2) is 36.4 Å². The molecule has 0 aliphatic heterocycles. The first-order valence-electron chi connectivity index (χ1n) is 8.05. The molecule has 0 aliphatic carbocycles. The lowest BCUT2D eigenvalue weighted by molar-refractivity contribution is -0.139. The van der Waals surface area contributed by atoms with Gasteiger partial charge in [-0.2, -0.15) is 5.10 Å². The number of nitrogens with zero attached hydrogens (tertiary/aromatic N) is 1. The number of rotatable bonds is 9. The number of amides is 1. The van der Waals surface area contributed by atoms with Crippen molar-refractivity contribution in [3.8, 4) is 11.5 Å². The quantitative estimate of drug-likeness (QED) is 0.530. The number of benzene rings is 2. The second kappa shape index (κ2) is 9.83. The second-order valence-corrected chi connectivity index (χ2v) is 5.33. The van der Waals surface area contributed by atoms with Crippen molar-refractivity contribution in [3.05, 3.63) is 59.7 Å². The molecule has 0 spiro atoms. The van der Waals surface area contributed by atoms with Crippen LogP contribution in [0.5, 0.6) is 11.5 Å². The van der Waals surface area contributed by atoms with E-state index in [0.717, 1.165) is 12.0 Å². The number of carbonyl (C=O) groups excluding carboxylic acids is 1. The van der Waals surface area contributed by atoms with Crippen molar-refractivity contribution >= 4 is 18.1 Å². The highest BCUT2D eigenvalue weighted by molar-refractivity contribution is 5.83. The lowest BCUT2D eigenvalue weighted by atomic mass is 10.2. The Morgan fingerprint density at radius 3 is 2.15 bits per heavy atom. The van der Waals surface area contributed by atoms with Gasteiger partial charge in [-0.15, -0.1) is 0 Å². The minimum atomic E-state index is -1.04. The van der Waals surface area contributed by atoms with E-state index in [1.54, 1.807) is 24.3 Å². The highest BCUT2D eigenvalue weighted by Gasteiger charge is 2.02. The first-order chi connectivity index (χ1) is 12.6. The number of aliphatic carboxylic acids is 1. The molecular formula is C19H20N2O5. The predicted molar refractivity (Wildman–Crippen MR) is 96.6 cm³/mol. The molecule has 0 unspecified atom stereocenters. The molecule has 2 aromatic carbocycles. The van der Waals surface area contributed by atoms with E-state index in [0.29, 0.717) is 11.5 Å². The summed E-state index contributed by atoms with van der Waals surface area (Å²) in [6.07, 6.45) is 2.41. The third-order valence-corrected chi connectivity index (χ3v) is 3.35. The van der Waals surface area contributed by atoms with Crippen molar-refractivity contribution in [3.63, 3.8) is 0 Å². The zero-order valence-corrected chi connectivity index (χ0v) is 14.3. The summed E-state index contributed by atoms with van der Waals surface area (Å²) in [5.41, 5.74) is 4.30. The molecule has 0 saturated heterocycles. The first kappa shape index (κ1) is 19.0. The maximum atomic E-state index is 11.7. The van der Waals surface area contributed by atoms with Gasteiger partial charge >= 0.3 is 5.97 Å². The van der Waals surface area contributed by atoms with Crippen LogP contribution in [0.1, 0.15) is 18.1 Å². The topological polar surface area (TPSA) is 97.2 Å². The van der Waals surface area contributed by atoms with Gasteiger partial charge in [0, 0.05) is 0 Å². The molecule has 0 fully saturated rings. The lowest BCUT2D eigenvalue weighted by Crippen LogP contribution is -2.24. The van der Waals surface area contributed by atoms with Crippen molar-refractivity contribution in [1.29, 1.82) is 0 Å². The predicted octanol–water partition coefficient (Wildman–Crippen LogP) is 2.24. The molecule has 26 heavy (non-hydrogen) atoms. The number of hydrogen-bond donors (Lipinski definition) is 2. The molecule has 0 saturated carbocycles. The third-order valence-electron chi connectivity index (χ3n) is 3.35. The number of hydrogen-bond acceptors (Lipinski definition) is 5. The van der Waals surface area contributed by atoms with Gasteiger partial charge in [0.05, 0.1) is 6.21 Å². The van der Waals surface area contributed by atoms with Crippen LogP contribution in [0.2, 0.25) is 0 Å². The summed E-state index contributed by atoms with van der Waals surface area (Å²) in [6.45, 7) is 1.54. The second-order valence-electron chi connectivity index (χ2n) is 5.33. The fraction of sp³-hybridized carbons (Fsp3) is 0.211. The number of hydrazone groups is 1. The van der Waals surface area contributed by atoms with Crippen LogP contribution in [0.15, 0.2) is 53.6 Å². The van der Waals surface area contributed by atoms with Gasteiger partial charge in [-0.05, 0) is 53.9 Å². The number of carbonyl (C=O) groups is 2. The van der Waals surface area contributed by atoms with Crippen molar-refractivity contribution < 1.29 is 24.2 Å². The van der Waals surface area contributed by atoms with E-state index in [2.05, 4.69) is 17.5 Å². The fourth-order valence-corrected chi connectivity index (χ4v) is 1.98. The van der Waals surface area contributed by atoms with Crippen LogP contribution in [0.4, 0.5) is 0 Å². The van der Waals surface area contributed by atoms with Crippen molar-refractivity contribution in [2.45, 2.75) is 13.3 Å². The minimum Gasteiger partial charge on any atom is -0.484 e. The molecule has 2 N–H and O–H groups in total. The van der Waals surface area contributed by atoms with Crippen LogP contribution < -0.4 is 14.9 Å². The average molecular weight is 356 g/mol. The summed E-state index contributed by atoms with van der Waals surface area (Å²) in [6, 6.07) is 14.2.